The van der Waals surface area contributed by atoms with Gasteiger partial charge in [-0.3, -0.25) is 4.40 Å². The average Bonchev–Trinajstić information content (AvgIpc) is 3.30. The van der Waals surface area contributed by atoms with Gasteiger partial charge >= 0.3 is 0 Å². The number of rotatable bonds is 9. The van der Waals surface area contributed by atoms with Gasteiger partial charge < -0.3 is 20.9 Å². The Kier molecular flexibility index (Phi) is 7.49. The van der Waals surface area contributed by atoms with Gasteiger partial charge in [0.1, 0.15) is 29.5 Å². The quantitative estimate of drug-likeness (QED) is 0.315. The lowest BCUT2D eigenvalue weighted by atomic mass is 9.80. The molecule has 1 aliphatic rings. The van der Waals surface area contributed by atoms with Gasteiger partial charge in [-0.15, -0.1) is 0 Å². The summed E-state index contributed by atoms with van der Waals surface area (Å²) in [6, 6.07) is 18.3. The van der Waals surface area contributed by atoms with E-state index in [-0.39, 0.29) is 6.10 Å². The third kappa shape index (κ3) is 5.53. The molecule has 1 aliphatic carbocycles. The van der Waals surface area contributed by atoms with Gasteiger partial charge in [-0.05, 0) is 62.8 Å². The highest BCUT2D eigenvalue weighted by molar-refractivity contribution is 5.75. The number of nitrogens with one attached hydrogen (secondary N) is 1. The molecule has 4 N–H and O–H groups in total. The molecule has 2 aromatic heterocycles. The van der Waals surface area contributed by atoms with E-state index < -0.39 is 0 Å². The second kappa shape index (κ2) is 11.1. The number of aromatic nitrogens is 3. The number of hydrogen-bond acceptors (Lipinski definition) is 6. The number of imidazole rings is 1. The number of aliphatic hydroxyl groups excluding tert-OH is 1. The number of fused-ring (bicyclic) bond motifs is 1. The third-order valence-electron chi connectivity index (χ3n) is 7.06. The molecule has 7 nitrogen and oxygen atoms in total. The maximum atomic E-state index is 9.50. The van der Waals surface area contributed by atoms with Crippen molar-refractivity contribution in [3.8, 4) is 17.1 Å². The number of hydrogen-bond donors (Lipinski definition) is 3. The number of nitrogens with zero attached hydrogens (tertiary/aromatic N) is 3. The summed E-state index contributed by atoms with van der Waals surface area (Å²) in [7, 11) is 0. The molecule has 5 rings (SSSR count). The smallest absolute Gasteiger partial charge is 0.149 e. The fraction of sp³-hybridized carbons (Fsp3) is 0.379. The molecule has 36 heavy (non-hydrogen) atoms. The molecule has 2 heterocycles. The predicted octanol–water partition coefficient (Wildman–Crippen LogP) is 4.80. The lowest BCUT2D eigenvalue weighted by Gasteiger charge is -2.28. The molecule has 0 radical (unpaired) electrons. The summed E-state index contributed by atoms with van der Waals surface area (Å²) in [5.74, 6) is 3.17. The Morgan fingerprint density at radius 3 is 2.69 bits per heavy atom. The number of aliphatic hydroxyl groups is 1. The molecule has 188 valence electrons. The van der Waals surface area contributed by atoms with Crippen LogP contribution in [-0.4, -0.2) is 38.7 Å². The van der Waals surface area contributed by atoms with Crippen LogP contribution >= 0.6 is 0 Å². The van der Waals surface area contributed by atoms with E-state index in [2.05, 4.69) is 32.9 Å². The Morgan fingerprint density at radius 2 is 1.92 bits per heavy atom. The number of benzene rings is 2. The zero-order valence-corrected chi connectivity index (χ0v) is 20.8. The number of ether oxygens (including phenoxy) is 1. The number of anilines is 1. The largest absolute Gasteiger partial charge is 0.489 e. The van der Waals surface area contributed by atoms with Gasteiger partial charge in [0.2, 0.25) is 0 Å². The summed E-state index contributed by atoms with van der Waals surface area (Å²) < 4.78 is 8.15. The van der Waals surface area contributed by atoms with E-state index in [1.54, 1.807) is 6.20 Å². The van der Waals surface area contributed by atoms with Gasteiger partial charge in [-0.25, -0.2) is 9.97 Å². The fourth-order valence-corrected chi connectivity index (χ4v) is 5.18. The van der Waals surface area contributed by atoms with Crippen LogP contribution in [0, 0.1) is 5.92 Å². The summed E-state index contributed by atoms with van der Waals surface area (Å²) in [5, 5.41) is 12.9. The molecule has 0 bridgehead atoms. The first kappa shape index (κ1) is 24.3. The topological polar surface area (TPSA) is 97.7 Å². The number of nitrogens with two attached hydrogens (primary N) is 1. The highest BCUT2D eigenvalue weighted by atomic mass is 16.5. The lowest BCUT2D eigenvalue weighted by molar-refractivity contribution is 0.186. The molecule has 2 aromatic carbocycles. The summed E-state index contributed by atoms with van der Waals surface area (Å²) in [6.07, 6.45) is 7.78. The molecular formula is C29H35N5O2. The van der Waals surface area contributed by atoms with Crippen molar-refractivity contribution in [2.45, 2.75) is 51.2 Å². The Labute approximate surface area is 212 Å². The monoisotopic (exact) mass is 485 g/mol. The molecular weight excluding hydrogens is 450 g/mol. The summed E-state index contributed by atoms with van der Waals surface area (Å²) >= 11 is 0. The van der Waals surface area contributed by atoms with Crippen molar-refractivity contribution in [2.24, 2.45) is 5.92 Å². The summed E-state index contributed by atoms with van der Waals surface area (Å²) in [4.78, 5) is 9.53. The standard InChI is InChI=1S/C29H35N5O2/c1-20(35)17-31-18-21-10-12-23(13-11-21)26-27-28(30)32-14-15-34(27)29(33-26)24-8-5-9-25(16-24)36-19-22-6-3-2-4-7-22/h2-9,14-16,20-21,23,31,35H,10-13,17-19H2,1H3,(H2,30,32). The lowest BCUT2D eigenvalue weighted by Crippen LogP contribution is -2.31. The minimum Gasteiger partial charge on any atom is -0.489 e. The van der Waals surface area contributed by atoms with Gasteiger partial charge in [0, 0.05) is 30.4 Å². The Bertz CT molecular complexity index is 1280. The summed E-state index contributed by atoms with van der Waals surface area (Å²) in [6.45, 7) is 3.93. The van der Waals surface area contributed by atoms with Crippen LogP contribution in [0.5, 0.6) is 5.75 Å². The maximum Gasteiger partial charge on any atom is 0.149 e. The van der Waals surface area contributed by atoms with Crippen LogP contribution in [0.15, 0.2) is 67.0 Å². The van der Waals surface area contributed by atoms with Crippen molar-refractivity contribution < 1.29 is 9.84 Å². The van der Waals surface area contributed by atoms with Crippen LogP contribution < -0.4 is 15.8 Å². The van der Waals surface area contributed by atoms with Crippen molar-refractivity contribution >= 4 is 11.3 Å². The first-order valence-corrected chi connectivity index (χ1v) is 12.9. The van der Waals surface area contributed by atoms with Crippen molar-refractivity contribution in [3.63, 3.8) is 0 Å². The average molecular weight is 486 g/mol. The highest BCUT2D eigenvalue weighted by Gasteiger charge is 2.28. The molecule has 7 heteroatoms. The first-order valence-electron chi connectivity index (χ1n) is 12.9. The molecule has 0 aliphatic heterocycles. The Morgan fingerprint density at radius 1 is 1.11 bits per heavy atom. The van der Waals surface area contributed by atoms with E-state index in [0.717, 1.165) is 66.1 Å². The predicted molar refractivity (Wildman–Crippen MR) is 143 cm³/mol. The molecule has 1 unspecified atom stereocenters. The van der Waals surface area contributed by atoms with E-state index in [1.807, 2.05) is 49.5 Å². The molecule has 1 fully saturated rings. The highest BCUT2D eigenvalue weighted by Crippen LogP contribution is 2.39. The number of nitrogen functional groups attached to an aromatic ring is 1. The zero-order chi connectivity index (χ0) is 24.9. The molecule has 0 amide bonds. The van der Waals surface area contributed by atoms with Crippen molar-refractivity contribution in [1.82, 2.24) is 19.7 Å². The van der Waals surface area contributed by atoms with E-state index in [0.29, 0.717) is 30.8 Å². The maximum absolute atomic E-state index is 9.50. The Hall–Kier alpha value is -3.42. The van der Waals surface area contributed by atoms with Gasteiger partial charge in [0.05, 0.1) is 11.8 Å². The Balaban J connectivity index is 1.36. The zero-order valence-electron chi connectivity index (χ0n) is 20.8. The van der Waals surface area contributed by atoms with Crippen molar-refractivity contribution in [3.05, 3.63) is 78.2 Å². The van der Waals surface area contributed by atoms with Gasteiger partial charge in [0.25, 0.3) is 0 Å². The normalized spacial score (nSPS) is 18.8. The van der Waals surface area contributed by atoms with Crippen LogP contribution in [0.2, 0.25) is 0 Å². The molecule has 1 saturated carbocycles. The second-order valence-corrected chi connectivity index (χ2v) is 9.88. The van der Waals surface area contributed by atoms with Crippen LogP contribution in [0.25, 0.3) is 16.9 Å². The minimum atomic E-state index is -0.311. The summed E-state index contributed by atoms with van der Waals surface area (Å²) in [5.41, 5.74) is 10.5. The van der Waals surface area contributed by atoms with Gasteiger partial charge in [-0.1, -0.05) is 42.5 Å². The van der Waals surface area contributed by atoms with Crippen LogP contribution in [0.4, 0.5) is 5.82 Å². The SMILES string of the molecule is CC(O)CNCC1CCC(c2nc(-c3cccc(OCc4ccccc4)c3)n3ccnc(N)c23)CC1. The molecule has 1 atom stereocenters. The van der Waals surface area contributed by atoms with Crippen LogP contribution in [0.3, 0.4) is 0 Å². The van der Waals surface area contributed by atoms with Gasteiger partial charge in [0.15, 0.2) is 0 Å². The van der Waals surface area contributed by atoms with E-state index in [9.17, 15) is 5.11 Å². The molecule has 0 spiro atoms. The van der Waals surface area contributed by atoms with Crippen molar-refractivity contribution in [2.75, 3.05) is 18.8 Å². The molecule has 4 aromatic rings. The molecule has 0 saturated heterocycles. The first-order chi connectivity index (χ1) is 17.6. The van der Waals surface area contributed by atoms with Crippen molar-refractivity contribution in [1.29, 1.82) is 0 Å². The third-order valence-corrected chi connectivity index (χ3v) is 7.06. The van der Waals surface area contributed by atoms with Crippen LogP contribution in [-0.2, 0) is 6.61 Å². The van der Waals surface area contributed by atoms with E-state index >= 15 is 0 Å². The minimum absolute atomic E-state index is 0.311. The fourth-order valence-electron chi connectivity index (χ4n) is 5.18. The van der Waals surface area contributed by atoms with E-state index in [1.165, 1.54) is 0 Å². The van der Waals surface area contributed by atoms with Crippen LogP contribution in [0.1, 0.15) is 49.8 Å². The van der Waals surface area contributed by atoms with E-state index in [4.69, 9.17) is 15.5 Å². The van der Waals surface area contributed by atoms with Gasteiger partial charge in [-0.2, -0.15) is 0 Å². The second-order valence-electron chi connectivity index (χ2n) is 9.88.